The van der Waals surface area contributed by atoms with E-state index in [2.05, 4.69) is 15.6 Å². The van der Waals surface area contributed by atoms with Crippen molar-refractivity contribution in [1.29, 1.82) is 0 Å². The quantitative estimate of drug-likeness (QED) is 0.414. The van der Waals surface area contributed by atoms with Crippen LogP contribution in [0, 0.1) is 0 Å². The predicted octanol–water partition coefficient (Wildman–Crippen LogP) is 4.65. The Morgan fingerprint density at radius 3 is 2.71 bits per heavy atom. The zero-order valence-electron chi connectivity index (χ0n) is 19.7. The van der Waals surface area contributed by atoms with Gasteiger partial charge in [0.2, 0.25) is 5.91 Å². The van der Waals surface area contributed by atoms with E-state index in [9.17, 15) is 9.59 Å². The Balaban J connectivity index is 1.46. The van der Waals surface area contributed by atoms with Crippen molar-refractivity contribution in [3.63, 3.8) is 0 Å². The van der Waals surface area contributed by atoms with Crippen LogP contribution < -0.4 is 22.1 Å². The third-order valence-corrected chi connectivity index (χ3v) is 6.86. The number of nitrogens with two attached hydrogens (primary N) is 2. The summed E-state index contributed by atoms with van der Waals surface area (Å²) in [5.74, 6) is 0.354. The number of amides is 2. The Morgan fingerprint density at radius 2 is 1.91 bits per heavy atom. The molecule has 2 aromatic carbocycles. The molecule has 7 heteroatoms. The van der Waals surface area contributed by atoms with Gasteiger partial charge in [-0.2, -0.15) is 0 Å². The molecule has 2 aliphatic rings. The van der Waals surface area contributed by atoms with Crippen LogP contribution in [0.5, 0.6) is 0 Å². The lowest BCUT2D eigenvalue weighted by Crippen LogP contribution is -2.29. The third kappa shape index (κ3) is 5.20. The van der Waals surface area contributed by atoms with Gasteiger partial charge >= 0.3 is 0 Å². The Labute approximate surface area is 205 Å². The molecule has 1 aromatic heterocycles. The number of hydrogen-bond acceptors (Lipinski definition) is 5. The van der Waals surface area contributed by atoms with Crippen molar-refractivity contribution >= 4 is 23.2 Å². The molecule has 0 radical (unpaired) electrons. The highest BCUT2D eigenvalue weighted by atomic mass is 16.2. The summed E-state index contributed by atoms with van der Waals surface area (Å²) in [5, 5.41) is 6.21. The number of nitrogen functional groups attached to an aromatic ring is 1. The molecule has 7 nitrogen and oxygen atoms in total. The van der Waals surface area contributed by atoms with Crippen molar-refractivity contribution in [2.24, 2.45) is 5.73 Å². The fourth-order valence-corrected chi connectivity index (χ4v) is 4.80. The lowest BCUT2D eigenvalue weighted by molar-refractivity contribution is -0.116. The minimum Gasteiger partial charge on any atom is -0.399 e. The molecule has 35 heavy (non-hydrogen) atoms. The highest BCUT2D eigenvalue weighted by Gasteiger charge is 2.27. The van der Waals surface area contributed by atoms with Crippen molar-refractivity contribution in [3.05, 3.63) is 77.1 Å². The summed E-state index contributed by atoms with van der Waals surface area (Å²) in [6.07, 6.45) is 6.65. The number of nitrogens with one attached hydrogen (secondary N) is 2. The molecule has 2 bridgehead atoms. The fourth-order valence-electron chi connectivity index (χ4n) is 4.80. The highest BCUT2D eigenvalue weighted by Crippen LogP contribution is 2.42. The number of rotatable bonds is 4. The number of hydrogen-bond donors (Lipinski definition) is 4. The first-order valence-electron chi connectivity index (χ1n) is 12.3. The third-order valence-electron chi connectivity index (χ3n) is 6.86. The van der Waals surface area contributed by atoms with Crippen molar-refractivity contribution in [2.75, 3.05) is 11.1 Å². The van der Waals surface area contributed by atoms with E-state index in [0.29, 0.717) is 48.7 Å². The second-order valence-electron chi connectivity index (χ2n) is 9.49. The van der Waals surface area contributed by atoms with E-state index in [1.165, 1.54) is 5.56 Å². The Morgan fingerprint density at radius 1 is 1.06 bits per heavy atom. The largest absolute Gasteiger partial charge is 0.399 e. The smallest absolute Gasteiger partial charge is 0.251 e. The van der Waals surface area contributed by atoms with Crippen LogP contribution in [-0.4, -0.2) is 16.8 Å². The molecule has 0 saturated heterocycles. The van der Waals surface area contributed by atoms with Gasteiger partial charge in [0.05, 0.1) is 17.4 Å². The average Bonchev–Trinajstić information content (AvgIpc) is 3.70. The van der Waals surface area contributed by atoms with Gasteiger partial charge in [-0.3, -0.25) is 14.6 Å². The minimum atomic E-state index is -0.263. The number of pyridine rings is 1. The molecule has 1 atom stereocenters. The van der Waals surface area contributed by atoms with Crippen LogP contribution in [0.25, 0.3) is 11.1 Å². The summed E-state index contributed by atoms with van der Waals surface area (Å²) >= 11 is 0. The molecule has 2 heterocycles. The van der Waals surface area contributed by atoms with Gasteiger partial charge in [-0.15, -0.1) is 0 Å². The first-order chi connectivity index (χ1) is 17.0. The van der Waals surface area contributed by atoms with Crippen LogP contribution >= 0.6 is 0 Å². The number of fused-ring (bicyclic) bond motifs is 4. The first kappa shape index (κ1) is 23.1. The molecule has 1 fully saturated rings. The number of carbonyl (C=O) groups excluding carboxylic acids is 2. The van der Waals surface area contributed by atoms with Crippen LogP contribution in [-0.2, 0) is 11.3 Å². The lowest BCUT2D eigenvalue weighted by Gasteiger charge is -2.21. The second-order valence-corrected chi connectivity index (χ2v) is 9.49. The topological polar surface area (TPSA) is 123 Å². The zero-order chi connectivity index (χ0) is 24.4. The molecule has 1 aliphatic heterocycles. The van der Waals surface area contributed by atoms with Crippen LogP contribution in [0.1, 0.15) is 77.7 Å². The molecule has 0 spiro atoms. The van der Waals surface area contributed by atoms with Crippen LogP contribution in [0.3, 0.4) is 0 Å². The maximum absolute atomic E-state index is 13.3. The SMILES string of the molecule is NCc1ccc(C(=O)NC2CCCCC(=O)Nc3cc(N)ccc3-c3ccnc2c3)cc1C1CC1. The summed E-state index contributed by atoms with van der Waals surface area (Å²) < 4.78 is 0. The maximum Gasteiger partial charge on any atom is 0.251 e. The van der Waals surface area contributed by atoms with E-state index < -0.39 is 0 Å². The molecular weight excluding hydrogens is 438 g/mol. The zero-order valence-corrected chi connectivity index (χ0v) is 19.7. The lowest BCUT2D eigenvalue weighted by atomic mass is 9.97. The molecule has 1 unspecified atom stereocenters. The minimum absolute atomic E-state index is 0.0418. The number of carbonyl (C=O) groups is 2. The normalized spacial score (nSPS) is 18.0. The van der Waals surface area contributed by atoms with E-state index in [1.54, 1.807) is 12.3 Å². The average molecular weight is 470 g/mol. The number of anilines is 2. The van der Waals surface area contributed by atoms with Crippen LogP contribution in [0.15, 0.2) is 54.7 Å². The standard InChI is InChI=1S/C28H31N5O2/c29-16-20-8-7-19(13-23(20)17-5-6-17)28(35)33-24-3-1-2-4-27(34)32-25-15-21(30)9-10-22(25)18-11-12-31-26(24)14-18/h7-15,17,24H,1-6,16,29-30H2,(H,32,34)(H,33,35). The van der Waals surface area contributed by atoms with E-state index in [0.717, 1.165) is 41.6 Å². The van der Waals surface area contributed by atoms with Crippen LogP contribution in [0.4, 0.5) is 11.4 Å². The summed E-state index contributed by atoms with van der Waals surface area (Å²) in [6.45, 7) is 0.480. The number of benzene rings is 2. The molecule has 180 valence electrons. The van der Waals surface area contributed by atoms with Crippen molar-refractivity contribution in [2.45, 2.75) is 57.0 Å². The van der Waals surface area contributed by atoms with Gasteiger partial charge in [0.25, 0.3) is 5.91 Å². The van der Waals surface area contributed by atoms with Gasteiger partial charge in [0, 0.05) is 36.0 Å². The highest BCUT2D eigenvalue weighted by molar-refractivity contribution is 5.96. The van der Waals surface area contributed by atoms with Crippen molar-refractivity contribution < 1.29 is 9.59 Å². The van der Waals surface area contributed by atoms with E-state index in [1.807, 2.05) is 42.5 Å². The molecule has 3 aromatic rings. The van der Waals surface area contributed by atoms with Crippen molar-refractivity contribution in [1.82, 2.24) is 10.3 Å². The van der Waals surface area contributed by atoms with Crippen molar-refractivity contribution in [3.8, 4) is 11.1 Å². The maximum atomic E-state index is 13.3. The van der Waals surface area contributed by atoms with E-state index >= 15 is 0 Å². The summed E-state index contributed by atoms with van der Waals surface area (Å²) in [6, 6.07) is 15.0. The van der Waals surface area contributed by atoms with Gasteiger partial charge in [0.1, 0.15) is 0 Å². The molecule has 1 saturated carbocycles. The Kier molecular flexibility index (Phi) is 6.51. The summed E-state index contributed by atoms with van der Waals surface area (Å²) in [4.78, 5) is 30.5. The summed E-state index contributed by atoms with van der Waals surface area (Å²) in [5.41, 5.74) is 18.7. The molecule has 6 N–H and O–H groups in total. The molecular formula is C28H31N5O2. The van der Waals surface area contributed by atoms with E-state index in [4.69, 9.17) is 11.5 Å². The predicted molar refractivity (Wildman–Crippen MR) is 138 cm³/mol. The van der Waals surface area contributed by atoms with Gasteiger partial charge in [-0.05, 0) is 84.7 Å². The summed E-state index contributed by atoms with van der Waals surface area (Å²) in [7, 11) is 0. The van der Waals surface area contributed by atoms with E-state index in [-0.39, 0.29) is 17.9 Å². The van der Waals surface area contributed by atoms with Crippen LogP contribution in [0.2, 0.25) is 0 Å². The molecule has 2 amide bonds. The van der Waals surface area contributed by atoms with Gasteiger partial charge in [-0.25, -0.2) is 0 Å². The number of aromatic nitrogens is 1. The number of nitrogens with zero attached hydrogens (tertiary/aromatic N) is 1. The van der Waals surface area contributed by atoms with Gasteiger partial charge in [0.15, 0.2) is 0 Å². The van der Waals surface area contributed by atoms with Gasteiger partial charge in [-0.1, -0.05) is 18.6 Å². The monoisotopic (exact) mass is 469 g/mol. The van der Waals surface area contributed by atoms with Gasteiger partial charge < -0.3 is 22.1 Å². The molecule has 5 rings (SSSR count). The molecule has 1 aliphatic carbocycles. The Hall–Kier alpha value is -3.71. The fraction of sp³-hybridized carbons (Fsp3) is 0.321. The first-order valence-corrected chi connectivity index (χ1v) is 12.3. The Bertz CT molecular complexity index is 1270. The second kappa shape index (κ2) is 9.88.